The lowest BCUT2D eigenvalue weighted by Gasteiger charge is -2.21. The molecule has 0 radical (unpaired) electrons. The van der Waals surface area contributed by atoms with Crippen molar-refractivity contribution in [3.63, 3.8) is 0 Å². The van der Waals surface area contributed by atoms with Gasteiger partial charge in [-0.25, -0.2) is 0 Å². The first-order chi connectivity index (χ1) is 12.1. The van der Waals surface area contributed by atoms with Crippen LogP contribution >= 0.6 is 0 Å². The van der Waals surface area contributed by atoms with Crippen LogP contribution in [-0.4, -0.2) is 44.0 Å². The monoisotopic (exact) mass is 348 g/mol. The van der Waals surface area contributed by atoms with Gasteiger partial charge >= 0.3 is 11.8 Å². The van der Waals surface area contributed by atoms with Crippen LogP contribution in [0, 0.1) is 0 Å². The maximum atomic E-state index is 11.9. The van der Waals surface area contributed by atoms with Crippen molar-refractivity contribution >= 4 is 11.8 Å². The summed E-state index contributed by atoms with van der Waals surface area (Å²) in [6, 6.07) is 7.33. The molecule has 0 unspecified atom stereocenters. The molecule has 1 aromatic carbocycles. The van der Waals surface area contributed by atoms with Crippen molar-refractivity contribution < 1.29 is 23.8 Å². The first kappa shape index (κ1) is 17.7. The van der Waals surface area contributed by atoms with Gasteiger partial charge in [0.2, 0.25) is 0 Å². The standard InChI is InChI=1S/C18H24N2O5/c1-23-15-7-3-2-6-13(15)10-19-16(21)17(22)20-11-14-12-24-18(25-14)8-4-5-9-18/h2-3,6-7,14H,4-5,8-12H2,1H3,(H,19,21)(H,20,22)/t14-/m0/s1. The van der Waals surface area contributed by atoms with Crippen molar-refractivity contribution in [2.75, 3.05) is 20.3 Å². The van der Waals surface area contributed by atoms with E-state index in [-0.39, 0.29) is 19.2 Å². The van der Waals surface area contributed by atoms with Crippen LogP contribution in [0.4, 0.5) is 0 Å². The van der Waals surface area contributed by atoms with Crippen molar-refractivity contribution in [3.8, 4) is 5.75 Å². The second-order valence-electron chi connectivity index (χ2n) is 6.37. The Balaban J connectivity index is 1.41. The van der Waals surface area contributed by atoms with Crippen LogP contribution in [0.1, 0.15) is 31.2 Å². The molecule has 7 heteroatoms. The summed E-state index contributed by atoms with van der Waals surface area (Å²) >= 11 is 0. The number of benzene rings is 1. The zero-order valence-electron chi connectivity index (χ0n) is 14.4. The molecule has 136 valence electrons. The summed E-state index contributed by atoms with van der Waals surface area (Å²) in [7, 11) is 1.56. The van der Waals surface area contributed by atoms with Crippen molar-refractivity contribution in [3.05, 3.63) is 29.8 Å². The highest BCUT2D eigenvalue weighted by molar-refractivity contribution is 6.35. The molecule has 0 aromatic heterocycles. The van der Waals surface area contributed by atoms with Gasteiger partial charge in [-0.3, -0.25) is 9.59 Å². The third-order valence-corrected chi connectivity index (χ3v) is 4.61. The highest BCUT2D eigenvalue weighted by atomic mass is 16.7. The molecule has 1 aliphatic heterocycles. The Bertz CT molecular complexity index is 628. The maximum absolute atomic E-state index is 11.9. The van der Waals surface area contributed by atoms with E-state index < -0.39 is 17.6 Å². The number of hydrogen-bond donors (Lipinski definition) is 2. The van der Waals surface area contributed by atoms with Gasteiger partial charge in [-0.2, -0.15) is 0 Å². The second kappa shape index (κ2) is 7.84. The van der Waals surface area contributed by atoms with Gasteiger partial charge in [-0.1, -0.05) is 18.2 Å². The second-order valence-corrected chi connectivity index (χ2v) is 6.37. The molecule has 1 aromatic rings. The zero-order chi connectivity index (χ0) is 17.7. The SMILES string of the molecule is COc1ccccc1CNC(=O)C(=O)NC[C@H]1COC2(CCCC2)O1. The number of para-hydroxylation sites is 1. The quantitative estimate of drug-likeness (QED) is 0.779. The molecular formula is C18H24N2O5. The Hall–Kier alpha value is -2.12. The maximum Gasteiger partial charge on any atom is 0.309 e. The summed E-state index contributed by atoms with van der Waals surface area (Å²) in [4.78, 5) is 23.9. The summed E-state index contributed by atoms with van der Waals surface area (Å²) in [5.41, 5.74) is 0.807. The Morgan fingerprint density at radius 1 is 1.20 bits per heavy atom. The predicted molar refractivity (Wildman–Crippen MR) is 89.9 cm³/mol. The van der Waals surface area contributed by atoms with Crippen LogP contribution < -0.4 is 15.4 Å². The van der Waals surface area contributed by atoms with Gasteiger partial charge in [0.05, 0.1) is 13.7 Å². The number of ether oxygens (including phenoxy) is 3. The Morgan fingerprint density at radius 3 is 2.68 bits per heavy atom. The minimum atomic E-state index is -0.680. The van der Waals surface area contributed by atoms with Gasteiger partial charge in [0, 0.05) is 31.5 Å². The lowest BCUT2D eigenvalue weighted by molar-refractivity contribution is -0.161. The van der Waals surface area contributed by atoms with Crippen LogP contribution in [0.2, 0.25) is 0 Å². The van der Waals surface area contributed by atoms with E-state index in [1.165, 1.54) is 0 Å². The Labute approximate surface area is 147 Å². The van der Waals surface area contributed by atoms with E-state index in [9.17, 15) is 9.59 Å². The molecule has 2 aliphatic rings. The van der Waals surface area contributed by atoms with E-state index in [0.717, 1.165) is 31.2 Å². The van der Waals surface area contributed by atoms with Crippen molar-refractivity contribution in [2.45, 2.75) is 44.1 Å². The van der Waals surface area contributed by atoms with Crippen LogP contribution in [0.5, 0.6) is 5.75 Å². The van der Waals surface area contributed by atoms with Gasteiger partial charge in [0.1, 0.15) is 11.9 Å². The lowest BCUT2D eigenvalue weighted by Crippen LogP contribution is -2.43. The number of hydrogen-bond acceptors (Lipinski definition) is 5. The number of nitrogens with one attached hydrogen (secondary N) is 2. The summed E-state index contributed by atoms with van der Waals surface area (Å²) in [5.74, 6) is -1.14. The van der Waals surface area contributed by atoms with E-state index in [1.807, 2.05) is 18.2 Å². The molecule has 2 N–H and O–H groups in total. The Kier molecular flexibility index (Phi) is 5.55. The normalized spacial score (nSPS) is 21.2. The molecule has 3 rings (SSSR count). The van der Waals surface area contributed by atoms with Crippen molar-refractivity contribution in [1.82, 2.24) is 10.6 Å². The molecule has 1 atom stereocenters. The minimum Gasteiger partial charge on any atom is -0.496 e. The fourth-order valence-corrected chi connectivity index (χ4v) is 3.28. The third-order valence-electron chi connectivity index (χ3n) is 4.61. The van der Waals surface area contributed by atoms with Gasteiger partial charge in [0.25, 0.3) is 0 Å². The summed E-state index contributed by atoms with van der Waals surface area (Å²) < 4.78 is 16.9. The molecule has 1 spiro atoms. The summed E-state index contributed by atoms with van der Waals surface area (Å²) in [5, 5.41) is 5.20. The van der Waals surface area contributed by atoms with Gasteiger partial charge in [-0.15, -0.1) is 0 Å². The number of methoxy groups -OCH3 is 1. The molecule has 25 heavy (non-hydrogen) atoms. The minimum absolute atomic E-state index is 0.205. The van der Waals surface area contributed by atoms with E-state index in [1.54, 1.807) is 13.2 Å². The molecular weight excluding hydrogens is 324 g/mol. The van der Waals surface area contributed by atoms with Gasteiger partial charge in [-0.05, 0) is 18.9 Å². The first-order valence-electron chi connectivity index (χ1n) is 8.61. The van der Waals surface area contributed by atoms with Crippen LogP contribution in [0.25, 0.3) is 0 Å². The van der Waals surface area contributed by atoms with Crippen LogP contribution in [0.15, 0.2) is 24.3 Å². The molecule has 7 nitrogen and oxygen atoms in total. The molecule has 1 heterocycles. The highest BCUT2D eigenvalue weighted by Gasteiger charge is 2.43. The smallest absolute Gasteiger partial charge is 0.309 e. The molecule has 0 bridgehead atoms. The largest absolute Gasteiger partial charge is 0.496 e. The average Bonchev–Trinajstić information content (AvgIpc) is 3.27. The number of amides is 2. The molecule has 1 saturated carbocycles. The Morgan fingerprint density at radius 2 is 1.92 bits per heavy atom. The molecule has 1 saturated heterocycles. The molecule has 2 fully saturated rings. The number of carbonyl (C=O) groups excluding carboxylic acids is 2. The predicted octanol–water partition coefficient (Wildman–Crippen LogP) is 1.11. The van der Waals surface area contributed by atoms with Crippen molar-refractivity contribution in [1.29, 1.82) is 0 Å². The van der Waals surface area contributed by atoms with Gasteiger partial charge < -0.3 is 24.8 Å². The summed E-state index contributed by atoms with van der Waals surface area (Å²) in [6.07, 6.45) is 3.80. The summed E-state index contributed by atoms with van der Waals surface area (Å²) in [6.45, 7) is 0.939. The number of carbonyl (C=O) groups is 2. The first-order valence-corrected chi connectivity index (χ1v) is 8.61. The van der Waals surface area contributed by atoms with Crippen LogP contribution in [0.3, 0.4) is 0 Å². The highest BCUT2D eigenvalue weighted by Crippen LogP contribution is 2.38. The fraction of sp³-hybridized carbons (Fsp3) is 0.556. The van der Waals surface area contributed by atoms with Gasteiger partial charge in [0.15, 0.2) is 5.79 Å². The molecule has 1 aliphatic carbocycles. The lowest BCUT2D eigenvalue weighted by atomic mass is 10.2. The van der Waals surface area contributed by atoms with Crippen molar-refractivity contribution in [2.24, 2.45) is 0 Å². The topological polar surface area (TPSA) is 85.9 Å². The van der Waals surface area contributed by atoms with Crippen LogP contribution in [-0.2, 0) is 25.6 Å². The zero-order valence-corrected chi connectivity index (χ0v) is 14.4. The number of rotatable bonds is 5. The van der Waals surface area contributed by atoms with E-state index >= 15 is 0 Å². The van der Waals surface area contributed by atoms with E-state index in [4.69, 9.17) is 14.2 Å². The average molecular weight is 348 g/mol. The third kappa shape index (κ3) is 4.29. The van der Waals surface area contributed by atoms with E-state index in [2.05, 4.69) is 10.6 Å². The fourth-order valence-electron chi connectivity index (χ4n) is 3.28. The molecule has 2 amide bonds. The van der Waals surface area contributed by atoms with E-state index in [0.29, 0.717) is 12.4 Å².